The number of methoxy groups -OCH3 is 1. The van der Waals surface area contributed by atoms with E-state index in [1.807, 2.05) is 43.7 Å². The molecule has 0 aliphatic rings. The molecule has 5 nitrogen and oxygen atoms in total. The summed E-state index contributed by atoms with van der Waals surface area (Å²) >= 11 is 0. The zero-order chi connectivity index (χ0) is 14.7. The van der Waals surface area contributed by atoms with Gasteiger partial charge in [-0.1, -0.05) is 6.07 Å². The Bertz CT molecular complexity index is 578. The fourth-order valence-corrected chi connectivity index (χ4v) is 2.25. The molecule has 0 aliphatic carbocycles. The molecular formula is C15H21N3O2. The lowest BCUT2D eigenvalue weighted by atomic mass is 10.0. The number of hydrogen-bond donors (Lipinski definition) is 1. The molecule has 1 aromatic carbocycles. The summed E-state index contributed by atoms with van der Waals surface area (Å²) in [5, 5.41) is 14.5. The molecule has 108 valence electrons. The van der Waals surface area contributed by atoms with Crippen molar-refractivity contribution in [2.24, 2.45) is 0 Å². The first-order valence-corrected chi connectivity index (χ1v) is 6.74. The van der Waals surface area contributed by atoms with E-state index in [2.05, 4.69) is 10.1 Å². The maximum atomic E-state index is 10.4. The van der Waals surface area contributed by atoms with Crippen LogP contribution < -0.4 is 4.74 Å². The molecule has 2 rings (SSSR count). The van der Waals surface area contributed by atoms with Crippen LogP contribution in [0.15, 0.2) is 24.5 Å². The van der Waals surface area contributed by atoms with Gasteiger partial charge in [-0.15, -0.1) is 0 Å². The molecule has 0 radical (unpaired) electrons. The average molecular weight is 275 g/mol. The van der Waals surface area contributed by atoms with Crippen molar-refractivity contribution in [3.8, 4) is 5.75 Å². The Kier molecular flexibility index (Phi) is 4.39. The van der Waals surface area contributed by atoms with Gasteiger partial charge in [0, 0.05) is 12.5 Å². The molecule has 0 fully saturated rings. The minimum absolute atomic E-state index is 0.234. The fraction of sp³-hybridized carbons (Fsp3) is 0.467. The Balaban J connectivity index is 2.17. The lowest BCUT2D eigenvalue weighted by Gasteiger charge is -2.15. The maximum Gasteiger partial charge on any atom is 0.138 e. The molecule has 5 heteroatoms. The third kappa shape index (κ3) is 2.99. The molecule has 0 aliphatic heterocycles. The summed E-state index contributed by atoms with van der Waals surface area (Å²) in [6, 6.07) is 5.94. The SMILES string of the molecule is COc1ccc(C(O)Cc2ncnn2C(C)C)cc1C. The quantitative estimate of drug-likeness (QED) is 0.910. The molecule has 1 atom stereocenters. The smallest absolute Gasteiger partial charge is 0.138 e. The summed E-state index contributed by atoms with van der Waals surface area (Å²) in [6.07, 6.45) is 1.38. The molecule has 0 amide bonds. The van der Waals surface area contributed by atoms with Crippen LogP contribution in [0.4, 0.5) is 0 Å². The molecular weight excluding hydrogens is 254 g/mol. The van der Waals surface area contributed by atoms with Crippen LogP contribution in [0.1, 0.15) is 42.9 Å². The number of aliphatic hydroxyl groups is 1. The van der Waals surface area contributed by atoms with Crippen molar-refractivity contribution in [2.75, 3.05) is 7.11 Å². The van der Waals surface area contributed by atoms with E-state index in [4.69, 9.17) is 4.74 Å². The third-order valence-electron chi connectivity index (χ3n) is 3.32. The van der Waals surface area contributed by atoms with Crippen molar-refractivity contribution in [3.63, 3.8) is 0 Å². The van der Waals surface area contributed by atoms with Gasteiger partial charge in [0.1, 0.15) is 17.9 Å². The van der Waals surface area contributed by atoms with Gasteiger partial charge in [0.15, 0.2) is 0 Å². The van der Waals surface area contributed by atoms with Crippen molar-refractivity contribution in [2.45, 2.75) is 39.3 Å². The van der Waals surface area contributed by atoms with Gasteiger partial charge in [0.25, 0.3) is 0 Å². The molecule has 1 heterocycles. The third-order valence-corrected chi connectivity index (χ3v) is 3.32. The fourth-order valence-electron chi connectivity index (χ4n) is 2.25. The topological polar surface area (TPSA) is 60.2 Å². The van der Waals surface area contributed by atoms with Gasteiger partial charge in [-0.2, -0.15) is 5.10 Å². The molecule has 1 aromatic heterocycles. The van der Waals surface area contributed by atoms with Crippen LogP contribution in [0.3, 0.4) is 0 Å². The highest BCUT2D eigenvalue weighted by Gasteiger charge is 2.15. The van der Waals surface area contributed by atoms with Gasteiger partial charge in [-0.3, -0.25) is 0 Å². The van der Waals surface area contributed by atoms with Crippen molar-refractivity contribution in [1.82, 2.24) is 14.8 Å². The summed E-state index contributed by atoms with van der Waals surface area (Å²) in [7, 11) is 1.64. The summed E-state index contributed by atoms with van der Waals surface area (Å²) in [5.41, 5.74) is 1.87. The summed E-state index contributed by atoms with van der Waals surface area (Å²) in [5.74, 6) is 1.62. The Hall–Kier alpha value is -1.88. The van der Waals surface area contributed by atoms with E-state index < -0.39 is 6.10 Å². The molecule has 0 bridgehead atoms. The van der Waals surface area contributed by atoms with Crippen LogP contribution >= 0.6 is 0 Å². The van der Waals surface area contributed by atoms with E-state index in [1.54, 1.807) is 7.11 Å². The maximum absolute atomic E-state index is 10.4. The highest BCUT2D eigenvalue weighted by Crippen LogP contribution is 2.24. The average Bonchev–Trinajstić information content (AvgIpc) is 2.86. The van der Waals surface area contributed by atoms with Crippen molar-refractivity contribution < 1.29 is 9.84 Å². The Morgan fingerprint density at radius 3 is 2.70 bits per heavy atom. The number of aryl methyl sites for hydroxylation is 1. The van der Waals surface area contributed by atoms with Crippen LogP contribution in [-0.4, -0.2) is 27.0 Å². The number of nitrogens with zero attached hydrogens (tertiary/aromatic N) is 3. The van der Waals surface area contributed by atoms with Crippen molar-refractivity contribution in [1.29, 1.82) is 0 Å². The predicted molar refractivity (Wildman–Crippen MR) is 76.8 cm³/mol. The van der Waals surface area contributed by atoms with Crippen LogP contribution in [0.2, 0.25) is 0 Å². The van der Waals surface area contributed by atoms with Gasteiger partial charge in [-0.05, 0) is 44.0 Å². The van der Waals surface area contributed by atoms with E-state index in [1.165, 1.54) is 6.33 Å². The van der Waals surface area contributed by atoms with Crippen LogP contribution in [-0.2, 0) is 6.42 Å². The zero-order valence-electron chi connectivity index (χ0n) is 12.4. The van der Waals surface area contributed by atoms with Gasteiger partial charge >= 0.3 is 0 Å². The van der Waals surface area contributed by atoms with Gasteiger partial charge in [-0.25, -0.2) is 9.67 Å². The highest BCUT2D eigenvalue weighted by atomic mass is 16.5. The van der Waals surface area contributed by atoms with E-state index >= 15 is 0 Å². The molecule has 2 aromatic rings. The summed E-state index contributed by atoms with van der Waals surface area (Å²) in [4.78, 5) is 4.23. The van der Waals surface area contributed by atoms with E-state index in [0.29, 0.717) is 6.42 Å². The van der Waals surface area contributed by atoms with Gasteiger partial charge < -0.3 is 9.84 Å². The molecule has 0 spiro atoms. The zero-order valence-corrected chi connectivity index (χ0v) is 12.4. The Morgan fingerprint density at radius 2 is 2.10 bits per heavy atom. The number of ether oxygens (including phenoxy) is 1. The molecule has 0 saturated carbocycles. The van der Waals surface area contributed by atoms with E-state index in [9.17, 15) is 5.11 Å². The first-order chi connectivity index (χ1) is 9.52. The molecule has 1 unspecified atom stereocenters. The van der Waals surface area contributed by atoms with Crippen molar-refractivity contribution >= 4 is 0 Å². The largest absolute Gasteiger partial charge is 0.496 e. The summed E-state index contributed by atoms with van der Waals surface area (Å²) in [6.45, 7) is 6.05. The number of aromatic nitrogens is 3. The van der Waals surface area contributed by atoms with Crippen LogP contribution in [0.25, 0.3) is 0 Å². The number of hydrogen-bond acceptors (Lipinski definition) is 4. The molecule has 1 N–H and O–H groups in total. The van der Waals surface area contributed by atoms with Crippen LogP contribution in [0.5, 0.6) is 5.75 Å². The number of aliphatic hydroxyl groups excluding tert-OH is 1. The van der Waals surface area contributed by atoms with Gasteiger partial charge in [0.05, 0.1) is 13.2 Å². The van der Waals surface area contributed by atoms with Crippen molar-refractivity contribution in [3.05, 3.63) is 41.5 Å². The second-order valence-corrected chi connectivity index (χ2v) is 5.16. The Labute approximate surface area is 119 Å². The lowest BCUT2D eigenvalue weighted by Crippen LogP contribution is -2.12. The minimum Gasteiger partial charge on any atom is -0.496 e. The van der Waals surface area contributed by atoms with Gasteiger partial charge in [0.2, 0.25) is 0 Å². The first-order valence-electron chi connectivity index (χ1n) is 6.74. The standard InChI is InChI=1S/C15H21N3O2/c1-10(2)18-15(16-9-17-18)8-13(19)12-5-6-14(20-4)11(3)7-12/h5-7,9-10,13,19H,8H2,1-4H3. The lowest BCUT2D eigenvalue weighted by molar-refractivity contribution is 0.173. The molecule has 20 heavy (non-hydrogen) atoms. The predicted octanol–water partition coefficient (Wildman–Crippen LogP) is 2.45. The second kappa shape index (κ2) is 6.05. The highest BCUT2D eigenvalue weighted by molar-refractivity contribution is 5.37. The van der Waals surface area contributed by atoms with E-state index in [0.717, 1.165) is 22.7 Å². The van der Waals surface area contributed by atoms with Crippen LogP contribution in [0, 0.1) is 6.92 Å². The summed E-state index contributed by atoms with van der Waals surface area (Å²) < 4.78 is 7.06. The monoisotopic (exact) mass is 275 g/mol. The Morgan fingerprint density at radius 1 is 1.35 bits per heavy atom. The molecule has 0 saturated heterocycles. The van der Waals surface area contributed by atoms with E-state index in [-0.39, 0.29) is 6.04 Å². The number of rotatable bonds is 5. The minimum atomic E-state index is -0.596. The normalized spacial score (nSPS) is 12.7. The first kappa shape index (κ1) is 14.5. The number of benzene rings is 1. The second-order valence-electron chi connectivity index (χ2n) is 5.16.